The highest BCUT2D eigenvalue weighted by molar-refractivity contribution is 7.88. The maximum atomic E-state index is 12.5. The highest BCUT2D eigenvalue weighted by Crippen LogP contribution is 2.47. The number of unbranched alkanes of at least 4 members (excludes halogenated alkanes) is 16. The molecular formula is C27H52O7S. The SMILES string of the molecule is CCCCCCCCCCCC(CCCCCCCCCCC)(C(=O)O)C(C)(C(=O)O)S(=O)(=O)O. The summed E-state index contributed by atoms with van der Waals surface area (Å²) in [5, 5.41) is 20.0. The van der Waals surface area contributed by atoms with Crippen LogP contribution >= 0.6 is 0 Å². The van der Waals surface area contributed by atoms with Crippen LogP contribution < -0.4 is 0 Å². The second kappa shape index (κ2) is 18.1. The molecule has 0 saturated carbocycles. The second-order valence-corrected chi connectivity index (χ2v) is 12.1. The summed E-state index contributed by atoms with van der Waals surface area (Å²) in [6.07, 6.45) is 17.7. The Balaban J connectivity index is 5.16. The van der Waals surface area contributed by atoms with Crippen LogP contribution in [0.2, 0.25) is 0 Å². The summed E-state index contributed by atoms with van der Waals surface area (Å²) in [6.45, 7) is 5.20. The van der Waals surface area contributed by atoms with Crippen LogP contribution in [0, 0.1) is 5.41 Å². The Hall–Kier alpha value is -1.15. The highest BCUT2D eigenvalue weighted by atomic mass is 32.2. The van der Waals surface area contributed by atoms with Gasteiger partial charge in [0.25, 0.3) is 10.1 Å². The molecule has 0 amide bonds. The minimum Gasteiger partial charge on any atom is -0.481 e. The zero-order valence-corrected chi connectivity index (χ0v) is 23.3. The van der Waals surface area contributed by atoms with Gasteiger partial charge in [-0.05, 0) is 19.8 Å². The maximum Gasteiger partial charge on any atom is 0.328 e. The van der Waals surface area contributed by atoms with Crippen molar-refractivity contribution in [3.63, 3.8) is 0 Å². The minimum atomic E-state index is -5.17. The molecule has 1 atom stereocenters. The first-order valence-electron chi connectivity index (χ1n) is 13.9. The van der Waals surface area contributed by atoms with Crippen molar-refractivity contribution in [1.29, 1.82) is 0 Å². The minimum absolute atomic E-state index is 0.0855. The van der Waals surface area contributed by atoms with Gasteiger partial charge in [0.15, 0.2) is 0 Å². The fraction of sp³-hybridized carbons (Fsp3) is 0.926. The standard InChI is InChI=1S/C27H52O7S/c1-4-6-8-10-12-14-16-18-20-22-27(25(30)31,26(3,24(28)29)35(32,33)34)23-21-19-17-15-13-11-9-7-5-2/h4-23H2,1-3H3,(H,28,29)(H,30,31)(H,32,33,34). The van der Waals surface area contributed by atoms with Crippen molar-refractivity contribution < 1.29 is 32.8 Å². The average molecular weight is 521 g/mol. The topological polar surface area (TPSA) is 129 Å². The lowest BCUT2D eigenvalue weighted by atomic mass is 9.68. The van der Waals surface area contributed by atoms with Crippen LogP contribution in [-0.4, -0.2) is 39.9 Å². The molecule has 35 heavy (non-hydrogen) atoms. The summed E-state index contributed by atoms with van der Waals surface area (Å²) < 4.78 is 31.7. The quantitative estimate of drug-likeness (QED) is 0.0881. The van der Waals surface area contributed by atoms with Gasteiger partial charge < -0.3 is 10.2 Å². The molecule has 7 nitrogen and oxygen atoms in total. The molecule has 0 heterocycles. The first kappa shape index (κ1) is 33.8. The third kappa shape index (κ3) is 11.2. The molecule has 0 rings (SSSR count). The number of carboxylic acid groups (broad SMARTS) is 2. The van der Waals surface area contributed by atoms with Crippen LogP contribution in [0.4, 0.5) is 0 Å². The molecule has 1 unspecified atom stereocenters. The number of carbonyl (C=O) groups is 2. The van der Waals surface area contributed by atoms with E-state index in [2.05, 4.69) is 13.8 Å². The Morgan fingerprint density at radius 2 is 0.857 bits per heavy atom. The van der Waals surface area contributed by atoms with E-state index in [1.807, 2.05) is 0 Å². The lowest BCUT2D eigenvalue weighted by molar-refractivity contribution is -0.161. The zero-order chi connectivity index (χ0) is 26.8. The van der Waals surface area contributed by atoms with Crippen LogP contribution in [0.3, 0.4) is 0 Å². The molecule has 0 aliphatic heterocycles. The molecule has 0 radical (unpaired) electrons. The number of rotatable bonds is 24. The monoisotopic (exact) mass is 520 g/mol. The molecule has 0 aliphatic carbocycles. The van der Waals surface area contributed by atoms with E-state index in [0.717, 1.165) is 45.4 Å². The van der Waals surface area contributed by atoms with Gasteiger partial charge in [0.2, 0.25) is 4.75 Å². The van der Waals surface area contributed by atoms with Crippen LogP contribution in [0.1, 0.15) is 149 Å². The van der Waals surface area contributed by atoms with Gasteiger partial charge in [-0.15, -0.1) is 0 Å². The van der Waals surface area contributed by atoms with Gasteiger partial charge in [0, 0.05) is 0 Å². The van der Waals surface area contributed by atoms with Crippen molar-refractivity contribution >= 4 is 22.1 Å². The van der Waals surface area contributed by atoms with Crippen molar-refractivity contribution in [3.05, 3.63) is 0 Å². The molecule has 0 aliphatic rings. The van der Waals surface area contributed by atoms with Gasteiger partial charge in [-0.25, -0.2) is 0 Å². The second-order valence-electron chi connectivity index (χ2n) is 10.4. The van der Waals surface area contributed by atoms with Gasteiger partial charge in [-0.1, -0.05) is 129 Å². The lowest BCUT2D eigenvalue weighted by Crippen LogP contribution is -2.60. The normalized spacial score (nSPS) is 14.1. The fourth-order valence-electron chi connectivity index (χ4n) is 5.06. The summed E-state index contributed by atoms with van der Waals surface area (Å²) in [5.41, 5.74) is -2.07. The molecule has 3 N–H and O–H groups in total. The van der Waals surface area contributed by atoms with E-state index in [1.165, 1.54) is 51.4 Å². The molecule has 8 heteroatoms. The number of hydrogen-bond acceptors (Lipinski definition) is 4. The largest absolute Gasteiger partial charge is 0.481 e. The van der Waals surface area contributed by atoms with E-state index in [0.29, 0.717) is 25.7 Å². The number of carboxylic acids is 2. The van der Waals surface area contributed by atoms with E-state index in [4.69, 9.17) is 0 Å². The molecule has 0 saturated heterocycles. The Kier molecular flexibility index (Phi) is 17.6. The van der Waals surface area contributed by atoms with Gasteiger partial charge in [-0.3, -0.25) is 14.1 Å². The van der Waals surface area contributed by atoms with E-state index in [1.54, 1.807) is 0 Å². The summed E-state index contributed by atoms with van der Waals surface area (Å²) in [5.74, 6) is -3.27. The van der Waals surface area contributed by atoms with Gasteiger partial charge in [-0.2, -0.15) is 8.42 Å². The predicted octanol–water partition coefficient (Wildman–Crippen LogP) is 7.63. The van der Waals surface area contributed by atoms with E-state index in [-0.39, 0.29) is 12.8 Å². The average Bonchev–Trinajstić information content (AvgIpc) is 2.79. The van der Waals surface area contributed by atoms with Crippen molar-refractivity contribution in [1.82, 2.24) is 0 Å². The van der Waals surface area contributed by atoms with Crippen molar-refractivity contribution in [2.24, 2.45) is 5.41 Å². The summed E-state index contributed by atoms with van der Waals surface area (Å²) in [4.78, 5) is 24.7. The Bertz CT molecular complexity index is 668. The molecule has 0 aromatic heterocycles. The van der Waals surface area contributed by atoms with Gasteiger partial charge in [0.05, 0.1) is 0 Å². The Morgan fingerprint density at radius 3 is 1.09 bits per heavy atom. The molecule has 0 fully saturated rings. The molecule has 0 aromatic carbocycles. The first-order chi connectivity index (χ1) is 16.5. The molecule has 0 aromatic rings. The Morgan fingerprint density at radius 1 is 0.571 bits per heavy atom. The lowest BCUT2D eigenvalue weighted by Gasteiger charge is -2.40. The summed E-state index contributed by atoms with van der Waals surface area (Å²) in [6, 6.07) is 0. The van der Waals surface area contributed by atoms with E-state index in [9.17, 15) is 32.8 Å². The van der Waals surface area contributed by atoms with Crippen LogP contribution in [-0.2, 0) is 19.7 Å². The van der Waals surface area contributed by atoms with Crippen LogP contribution in [0.15, 0.2) is 0 Å². The summed E-state index contributed by atoms with van der Waals surface area (Å²) in [7, 11) is -5.17. The molecular weight excluding hydrogens is 468 g/mol. The molecule has 0 bridgehead atoms. The number of aliphatic carboxylic acids is 2. The van der Waals surface area contributed by atoms with Crippen LogP contribution in [0.25, 0.3) is 0 Å². The van der Waals surface area contributed by atoms with Crippen LogP contribution in [0.5, 0.6) is 0 Å². The maximum absolute atomic E-state index is 12.5. The highest BCUT2D eigenvalue weighted by Gasteiger charge is 2.65. The van der Waals surface area contributed by atoms with Gasteiger partial charge in [0.1, 0.15) is 5.41 Å². The zero-order valence-electron chi connectivity index (χ0n) is 22.5. The fourth-order valence-corrected chi connectivity index (χ4v) is 6.06. The third-order valence-corrected chi connectivity index (χ3v) is 9.26. The first-order valence-corrected chi connectivity index (χ1v) is 15.4. The third-order valence-electron chi connectivity index (χ3n) is 7.66. The van der Waals surface area contributed by atoms with Crippen molar-refractivity contribution in [3.8, 4) is 0 Å². The van der Waals surface area contributed by atoms with Crippen molar-refractivity contribution in [2.45, 2.75) is 154 Å². The molecule has 208 valence electrons. The molecule has 0 spiro atoms. The Labute approximate surface area is 214 Å². The number of hydrogen-bond donors (Lipinski definition) is 3. The van der Waals surface area contributed by atoms with E-state index >= 15 is 0 Å². The summed E-state index contributed by atoms with van der Waals surface area (Å²) >= 11 is 0. The predicted molar refractivity (Wildman–Crippen MR) is 141 cm³/mol. The van der Waals surface area contributed by atoms with Gasteiger partial charge >= 0.3 is 11.9 Å². The van der Waals surface area contributed by atoms with Crippen molar-refractivity contribution in [2.75, 3.05) is 0 Å². The smallest absolute Gasteiger partial charge is 0.328 e. The van der Waals surface area contributed by atoms with E-state index < -0.39 is 32.2 Å².